The van der Waals surface area contributed by atoms with Crippen molar-refractivity contribution < 1.29 is 27.5 Å². The monoisotopic (exact) mass is 458 g/mol. The summed E-state index contributed by atoms with van der Waals surface area (Å²) in [4.78, 5) is 26.7. The van der Waals surface area contributed by atoms with Crippen LogP contribution in [0, 0.1) is 17.8 Å². The average molecular weight is 459 g/mol. The molecule has 1 saturated heterocycles. The number of carbonyl (C=O) groups is 2. The standard InChI is InChI=1S/C22H29F3N2O3S/c1-20(2,3)30-19(29)27-10-13-14(11-27)17(13)18(28)26-21(4,5)12-31-16-9-7-6-8-15(16)22(23,24)25/h6-9,13-14,17H,10-12H2,1-5H3,(H,26,28). The van der Waals surface area contributed by atoms with E-state index in [1.807, 2.05) is 20.8 Å². The average Bonchev–Trinajstić information content (AvgIpc) is 3.12. The van der Waals surface area contributed by atoms with Gasteiger partial charge in [0.2, 0.25) is 5.91 Å². The van der Waals surface area contributed by atoms with E-state index >= 15 is 0 Å². The first-order chi connectivity index (χ1) is 14.2. The number of fused-ring (bicyclic) bond motifs is 1. The zero-order valence-corrected chi connectivity index (χ0v) is 19.2. The highest BCUT2D eigenvalue weighted by molar-refractivity contribution is 7.99. The van der Waals surface area contributed by atoms with Gasteiger partial charge < -0.3 is 15.0 Å². The maximum absolute atomic E-state index is 13.2. The number of piperidine rings is 1. The summed E-state index contributed by atoms with van der Waals surface area (Å²) >= 11 is 1.08. The lowest BCUT2D eigenvalue weighted by Gasteiger charge is -2.28. The first-order valence-electron chi connectivity index (χ1n) is 10.3. The number of likely N-dealkylation sites (tertiary alicyclic amines) is 1. The second-order valence-electron chi connectivity index (χ2n) is 9.89. The highest BCUT2D eigenvalue weighted by Crippen LogP contribution is 2.52. The van der Waals surface area contributed by atoms with Gasteiger partial charge in [-0.3, -0.25) is 4.79 Å². The molecule has 1 aliphatic carbocycles. The van der Waals surface area contributed by atoms with Crippen molar-refractivity contribution in [3.63, 3.8) is 0 Å². The van der Waals surface area contributed by atoms with E-state index in [1.54, 1.807) is 24.8 Å². The number of hydrogen-bond donors (Lipinski definition) is 1. The van der Waals surface area contributed by atoms with Crippen LogP contribution in [0.2, 0.25) is 0 Å². The number of benzene rings is 1. The van der Waals surface area contributed by atoms with Crippen LogP contribution >= 0.6 is 11.8 Å². The van der Waals surface area contributed by atoms with Gasteiger partial charge in [-0.15, -0.1) is 11.8 Å². The van der Waals surface area contributed by atoms with Crippen molar-refractivity contribution in [2.45, 2.75) is 56.8 Å². The Morgan fingerprint density at radius 1 is 1.10 bits per heavy atom. The molecule has 2 aliphatic rings. The Balaban J connectivity index is 1.51. The van der Waals surface area contributed by atoms with Gasteiger partial charge in [-0.05, 0) is 58.6 Å². The molecule has 3 rings (SSSR count). The van der Waals surface area contributed by atoms with Crippen LogP contribution in [0.25, 0.3) is 0 Å². The van der Waals surface area contributed by atoms with Gasteiger partial charge in [-0.2, -0.15) is 13.2 Å². The summed E-state index contributed by atoms with van der Waals surface area (Å²) in [5.41, 5.74) is -1.91. The molecule has 2 fully saturated rings. The van der Waals surface area contributed by atoms with E-state index in [9.17, 15) is 22.8 Å². The number of nitrogens with zero attached hydrogens (tertiary/aromatic N) is 1. The fourth-order valence-electron chi connectivity index (χ4n) is 3.93. The lowest BCUT2D eigenvalue weighted by Crippen LogP contribution is -2.47. The minimum absolute atomic E-state index is 0.103. The molecule has 0 bridgehead atoms. The van der Waals surface area contributed by atoms with Crippen molar-refractivity contribution >= 4 is 23.8 Å². The normalized spacial score (nSPS) is 23.4. The molecular weight excluding hydrogens is 429 g/mol. The molecule has 2 amide bonds. The smallest absolute Gasteiger partial charge is 0.417 e. The van der Waals surface area contributed by atoms with E-state index in [-0.39, 0.29) is 34.6 Å². The molecular formula is C22H29F3N2O3S. The van der Waals surface area contributed by atoms with Crippen LogP contribution in [0.3, 0.4) is 0 Å². The third-order valence-corrected chi connectivity index (χ3v) is 6.92. The second-order valence-corrected chi connectivity index (χ2v) is 10.9. The molecule has 0 radical (unpaired) electrons. The minimum atomic E-state index is -4.41. The Kier molecular flexibility index (Phi) is 6.30. The van der Waals surface area contributed by atoms with E-state index in [0.717, 1.165) is 17.8 Å². The molecule has 1 heterocycles. The number of rotatable bonds is 5. The number of nitrogens with one attached hydrogen (secondary N) is 1. The number of amides is 2. The number of alkyl halides is 3. The number of thioether (sulfide) groups is 1. The molecule has 5 nitrogen and oxygen atoms in total. The number of halogens is 3. The van der Waals surface area contributed by atoms with Crippen LogP contribution in [0.15, 0.2) is 29.2 Å². The highest BCUT2D eigenvalue weighted by Gasteiger charge is 2.61. The van der Waals surface area contributed by atoms with Gasteiger partial charge in [0, 0.05) is 35.2 Å². The van der Waals surface area contributed by atoms with Gasteiger partial charge in [0.1, 0.15) is 5.60 Å². The Labute approximate surface area is 185 Å². The van der Waals surface area contributed by atoms with E-state index in [0.29, 0.717) is 18.8 Å². The molecule has 9 heteroatoms. The quantitative estimate of drug-likeness (QED) is 0.644. The molecule has 1 saturated carbocycles. The Morgan fingerprint density at radius 3 is 2.23 bits per heavy atom. The van der Waals surface area contributed by atoms with Crippen LogP contribution < -0.4 is 5.32 Å². The molecule has 31 heavy (non-hydrogen) atoms. The molecule has 0 spiro atoms. The van der Waals surface area contributed by atoms with Gasteiger partial charge in [0.15, 0.2) is 0 Å². The fourth-order valence-corrected chi connectivity index (χ4v) is 5.03. The van der Waals surface area contributed by atoms with Crippen LogP contribution in [0.5, 0.6) is 0 Å². The first-order valence-corrected chi connectivity index (χ1v) is 11.3. The van der Waals surface area contributed by atoms with Crippen LogP contribution in [-0.2, 0) is 15.7 Å². The van der Waals surface area contributed by atoms with Crippen molar-refractivity contribution in [2.24, 2.45) is 17.8 Å². The third-order valence-electron chi connectivity index (χ3n) is 5.39. The zero-order chi connectivity index (χ0) is 23.2. The van der Waals surface area contributed by atoms with Gasteiger partial charge in [-0.25, -0.2) is 4.79 Å². The minimum Gasteiger partial charge on any atom is -0.444 e. The van der Waals surface area contributed by atoms with Gasteiger partial charge >= 0.3 is 12.3 Å². The van der Waals surface area contributed by atoms with Crippen LogP contribution in [0.1, 0.15) is 40.2 Å². The summed E-state index contributed by atoms with van der Waals surface area (Å²) in [6.07, 6.45) is -4.78. The third kappa shape index (κ3) is 5.87. The highest BCUT2D eigenvalue weighted by atomic mass is 32.2. The van der Waals surface area contributed by atoms with E-state index in [4.69, 9.17) is 4.74 Å². The largest absolute Gasteiger partial charge is 0.444 e. The maximum atomic E-state index is 13.2. The van der Waals surface area contributed by atoms with Crippen LogP contribution in [0.4, 0.5) is 18.0 Å². The molecule has 1 aromatic rings. The van der Waals surface area contributed by atoms with Gasteiger partial charge in [0.05, 0.1) is 5.56 Å². The summed E-state index contributed by atoms with van der Waals surface area (Å²) < 4.78 is 44.9. The zero-order valence-electron chi connectivity index (χ0n) is 18.4. The number of ether oxygens (including phenoxy) is 1. The molecule has 1 aliphatic heterocycles. The molecule has 1 N–H and O–H groups in total. The molecule has 172 valence electrons. The SMILES string of the molecule is CC(C)(CSc1ccccc1C(F)(F)F)NC(=O)C1C2CN(C(=O)OC(C)(C)C)CC21. The van der Waals surface area contributed by atoms with Crippen molar-refractivity contribution in [1.29, 1.82) is 0 Å². The van der Waals surface area contributed by atoms with Crippen molar-refractivity contribution in [3.8, 4) is 0 Å². The summed E-state index contributed by atoms with van der Waals surface area (Å²) in [5.74, 6) is 0.264. The summed E-state index contributed by atoms with van der Waals surface area (Å²) in [6, 6.07) is 5.45. The van der Waals surface area contributed by atoms with Crippen molar-refractivity contribution in [3.05, 3.63) is 29.8 Å². The van der Waals surface area contributed by atoms with Gasteiger partial charge in [0.25, 0.3) is 0 Å². The van der Waals surface area contributed by atoms with Crippen molar-refractivity contribution in [2.75, 3.05) is 18.8 Å². The summed E-state index contributed by atoms with van der Waals surface area (Å²) in [6.45, 7) is 10.0. The van der Waals surface area contributed by atoms with Crippen LogP contribution in [-0.4, -0.2) is 46.9 Å². The van der Waals surface area contributed by atoms with Crippen molar-refractivity contribution in [1.82, 2.24) is 10.2 Å². The summed E-state index contributed by atoms with van der Waals surface area (Å²) in [7, 11) is 0. The molecule has 2 atom stereocenters. The van der Waals surface area contributed by atoms with E-state index in [2.05, 4.69) is 5.32 Å². The summed E-state index contributed by atoms with van der Waals surface area (Å²) in [5, 5.41) is 2.98. The predicted molar refractivity (Wildman–Crippen MR) is 113 cm³/mol. The number of hydrogen-bond acceptors (Lipinski definition) is 4. The predicted octanol–water partition coefficient (Wildman–Crippen LogP) is 4.81. The lowest BCUT2D eigenvalue weighted by atomic mass is 10.1. The maximum Gasteiger partial charge on any atom is 0.417 e. The Bertz CT molecular complexity index is 839. The topological polar surface area (TPSA) is 58.6 Å². The molecule has 2 unspecified atom stereocenters. The Hall–Kier alpha value is -1.90. The molecule has 1 aromatic carbocycles. The molecule has 0 aromatic heterocycles. The van der Waals surface area contributed by atoms with E-state index in [1.165, 1.54) is 12.1 Å². The second kappa shape index (κ2) is 8.22. The van der Waals surface area contributed by atoms with E-state index < -0.39 is 22.9 Å². The lowest BCUT2D eigenvalue weighted by molar-refractivity contribution is -0.139. The first kappa shape index (κ1) is 23.8. The Morgan fingerprint density at radius 2 is 1.68 bits per heavy atom. The fraction of sp³-hybridized carbons (Fsp3) is 0.636. The van der Waals surface area contributed by atoms with Gasteiger partial charge in [-0.1, -0.05) is 12.1 Å². The number of carbonyl (C=O) groups excluding carboxylic acids is 2.